The van der Waals surface area contributed by atoms with E-state index in [4.69, 9.17) is 20.9 Å². The van der Waals surface area contributed by atoms with Crippen LogP contribution in [0.25, 0.3) is 0 Å². The maximum absolute atomic E-state index is 13.4. The summed E-state index contributed by atoms with van der Waals surface area (Å²) >= 11 is 0. The molecule has 4 rings (SSSR count). The van der Waals surface area contributed by atoms with Crippen LogP contribution < -0.4 is 20.9 Å². The molecule has 0 aromatic heterocycles. The minimum atomic E-state index is -0.363. The van der Waals surface area contributed by atoms with Gasteiger partial charge in [0.2, 0.25) is 0 Å². The Morgan fingerprint density at radius 1 is 0.697 bits per heavy atom. The summed E-state index contributed by atoms with van der Waals surface area (Å²) in [5.41, 5.74) is 15.2. The summed E-state index contributed by atoms with van der Waals surface area (Å²) in [7, 11) is 0. The number of rotatable bonds is 9. The first-order chi connectivity index (χ1) is 16.1. The molecule has 4 N–H and O–H groups in total. The van der Waals surface area contributed by atoms with Crippen LogP contribution in [0.15, 0.2) is 103 Å². The van der Waals surface area contributed by atoms with Crippen LogP contribution in [-0.4, -0.2) is 19.0 Å². The standard InChI is InChI=1S/C28H26N2O3/c29-23-13-16-26(25(30)19-23)33-18-17-32-24-14-11-22(12-15-24)28(31)27(20-7-3-1-4-8-20)21-9-5-2-6-10-21/h1-16,19,27H,17-18,29-30H2. The lowest BCUT2D eigenvalue weighted by Crippen LogP contribution is -2.14. The Morgan fingerprint density at radius 3 is 1.85 bits per heavy atom. The Kier molecular flexibility index (Phi) is 6.90. The van der Waals surface area contributed by atoms with E-state index >= 15 is 0 Å². The number of ketones is 1. The predicted octanol–water partition coefficient (Wildman–Crippen LogP) is 5.32. The molecule has 5 nitrogen and oxygen atoms in total. The lowest BCUT2D eigenvalue weighted by atomic mass is 9.85. The van der Waals surface area contributed by atoms with Crippen molar-refractivity contribution in [1.82, 2.24) is 0 Å². The molecule has 0 amide bonds. The third kappa shape index (κ3) is 5.52. The van der Waals surface area contributed by atoms with E-state index in [0.717, 1.165) is 11.1 Å². The molecule has 0 fully saturated rings. The molecule has 0 radical (unpaired) electrons. The maximum atomic E-state index is 13.4. The van der Waals surface area contributed by atoms with Crippen LogP contribution in [-0.2, 0) is 0 Å². The van der Waals surface area contributed by atoms with Gasteiger partial charge in [0.15, 0.2) is 5.78 Å². The zero-order valence-electron chi connectivity index (χ0n) is 18.2. The zero-order chi connectivity index (χ0) is 23.0. The van der Waals surface area contributed by atoms with E-state index < -0.39 is 0 Å². The molecule has 0 aliphatic heterocycles. The predicted molar refractivity (Wildman–Crippen MR) is 132 cm³/mol. The molecule has 0 heterocycles. The molecule has 5 heteroatoms. The number of ether oxygens (including phenoxy) is 2. The van der Waals surface area contributed by atoms with Crippen LogP contribution in [0.1, 0.15) is 27.4 Å². The molecule has 166 valence electrons. The number of nitrogens with two attached hydrogens (primary N) is 2. The third-order valence-electron chi connectivity index (χ3n) is 5.31. The summed E-state index contributed by atoms with van der Waals surface area (Å²) < 4.78 is 11.4. The van der Waals surface area contributed by atoms with E-state index in [-0.39, 0.29) is 11.7 Å². The SMILES string of the molecule is Nc1ccc(OCCOc2ccc(C(=O)C(c3ccccc3)c3ccccc3)cc2)c(N)c1. The average molecular weight is 439 g/mol. The van der Waals surface area contributed by atoms with Gasteiger partial charge in [-0.3, -0.25) is 4.79 Å². The molecule has 0 unspecified atom stereocenters. The van der Waals surface area contributed by atoms with Crippen molar-refractivity contribution in [3.05, 3.63) is 120 Å². The van der Waals surface area contributed by atoms with Gasteiger partial charge in [0.25, 0.3) is 0 Å². The smallest absolute Gasteiger partial charge is 0.174 e. The van der Waals surface area contributed by atoms with Gasteiger partial charge < -0.3 is 20.9 Å². The molecule has 0 aliphatic carbocycles. The second kappa shape index (κ2) is 10.4. The third-order valence-corrected chi connectivity index (χ3v) is 5.31. The van der Waals surface area contributed by atoms with Gasteiger partial charge in [-0.2, -0.15) is 0 Å². The number of nitrogen functional groups attached to an aromatic ring is 2. The Bertz CT molecular complexity index is 1150. The van der Waals surface area contributed by atoms with Crippen molar-refractivity contribution in [2.75, 3.05) is 24.7 Å². The number of carbonyl (C=O) groups excluding carboxylic acids is 1. The van der Waals surface area contributed by atoms with Gasteiger partial charge in [-0.05, 0) is 53.6 Å². The van der Waals surface area contributed by atoms with Gasteiger partial charge in [0.1, 0.15) is 24.7 Å². The first-order valence-electron chi connectivity index (χ1n) is 10.8. The second-order valence-electron chi connectivity index (χ2n) is 7.64. The summed E-state index contributed by atoms with van der Waals surface area (Å²) in [4.78, 5) is 13.4. The van der Waals surface area contributed by atoms with Gasteiger partial charge in [-0.1, -0.05) is 60.7 Å². The fourth-order valence-electron chi connectivity index (χ4n) is 3.68. The highest BCUT2D eigenvalue weighted by molar-refractivity contribution is 6.03. The molecule has 0 saturated heterocycles. The first-order valence-corrected chi connectivity index (χ1v) is 10.8. The molecule has 0 saturated carbocycles. The number of Topliss-reactive ketones (excluding diaryl/α,β-unsaturated/α-hetero) is 1. The highest BCUT2D eigenvalue weighted by atomic mass is 16.5. The first kappa shape index (κ1) is 22.0. The molecule has 0 bridgehead atoms. The number of hydrogen-bond acceptors (Lipinski definition) is 5. The molecule has 4 aromatic rings. The summed E-state index contributed by atoms with van der Waals surface area (Å²) in [5.74, 6) is 0.914. The lowest BCUT2D eigenvalue weighted by Gasteiger charge is -2.17. The van der Waals surface area contributed by atoms with Crippen molar-refractivity contribution < 1.29 is 14.3 Å². The fraction of sp³-hybridized carbons (Fsp3) is 0.107. The largest absolute Gasteiger partial charge is 0.490 e. The van der Waals surface area contributed by atoms with Crippen LogP contribution in [0.2, 0.25) is 0 Å². The molecule has 0 aliphatic rings. The van der Waals surface area contributed by atoms with Crippen molar-refractivity contribution >= 4 is 17.2 Å². The summed E-state index contributed by atoms with van der Waals surface area (Å²) in [6.45, 7) is 0.673. The molecule has 0 atom stereocenters. The van der Waals surface area contributed by atoms with Crippen LogP contribution >= 0.6 is 0 Å². The van der Waals surface area contributed by atoms with Crippen LogP contribution in [0.5, 0.6) is 11.5 Å². The van der Waals surface area contributed by atoms with Crippen molar-refractivity contribution in [3.8, 4) is 11.5 Å². The van der Waals surface area contributed by atoms with Gasteiger partial charge in [0, 0.05) is 11.3 Å². The van der Waals surface area contributed by atoms with Gasteiger partial charge in [-0.25, -0.2) is 0 Å². The summed E-state index contributed by atoms with van der Waals surface area (Å²) in [6, 6.07) is 32.0. The monoisotopic (exact) mass is 438 g/mol. The van der Waals surface area contributed by atoms with E-state index in [1.54, 1.807) is 42.5 Å². The van der Waals surface area contributed by atoms with Crippen LogP contribution in [0, 0.1) is 0 Å². The van der Waals surface area contributed by atoms with Gasteiger partial charge in [-0.15, -0.1) is 0 Å². The average Bonchev–Trinajstić information content (AvgIpc) is 2.85. The Labute approximate surface area is 193 Å². The van der Waals surface area contributed by atoms with Crippen LogP contribution in [0.4, 0.5) is 11.4 Å². The molecule has 33 heavy (non-hydrogen) atoms. The van der Waals surface area contributed by atoms with Crippen molar-refractivity contribution in [3.63, 3.8) is 0 Å². The topological polar surface area (TPSA) is 87.6 Å². The number of hydrogen-bond donors (Lipinski definition) is 2. The molecule has 4 aromatic carbocycles. The van der Waals surface area contributed by atoms with Crippen molar-refractivity contribution in [2.24, 2.45) is 0 Å². The normalized spacial score (nSPS) is 10.7. The van der Waals surface area contributed by atoms with Crippen LogP contribution in [0.3, 0.4) is 0 Å². The van der Waals surface area contributed by atoms with Crippen molar-refractivity contribution in [1.29, 1.82) is 0 Å². The van der Waals surface area contributed by atoms with E-state index in [9.17, 15) is 4.79 Å². The minimum absolute atomic E-state index is 0.0427. The van der Waals surface area contributed by atoms with Gasteiger partial charge >= 0.3 is 0 Å². The molecule has 0 spiro atoms. The Hall–Kier alpha value is -4.25. The number of benzene rings is 4. The van der Waals surface area contributed by atoms with E-state index in [1.807, 2.05) is 60.7 Å². The molecular weight excluding hydrogens is 412 g/mol. The van der Waals surface area contributed by atoms with E-state index in [1.165, 1.54) is 0 Å². The van der Waals surface area contributed by atoms with E-state index in [0.29, 0.717) is 41.7 Å². The van der Waals surface area contributed by atoms with Crippen molar-refractivity contribution in [2.45, 2.75) is 5.92 Å². The fourth-order valence-corrected chi connectivity index (χ4v) is 3.68. The Balaban J connectivity index is 1.40. The number of carbonyl (C=O) groups is 1. The number of anilines is 2. The lowest BCUT2D eigenvalue weighted by molar-refractivity contribution is 0.0974. The maximum Gasteiger partial charge on any atom is 0.174 e. The summed E-state index contributed by atoms with van der Waals surface area (Å²) in [5, 5.41) is 0. The van der Waals surface area contributed by atoms with Gasteiger partial charge in [0.05, 0.1) is 11.6 Å². The zero-order valence-corrected chi connectivity index (χ0v) is 18.2. The minimum Gasteiger partial charge on any atom is -0.490 e. The quantitative estimate of drug-likeness (QED) is 0.210. The highest BCUT2D eigenvalue weighted by Gasteiger charge is 2.23. The Morgan fingerprint density at radius 2 is 1.27 bits per heavy atom. The molecular formula is C28H26N2O3. The second-order valence-corrected chi connectivity index (χ2v) is 7.64. The summed E-state index contributed by atoms with van der Waals surface area (Å²) in [6.07, 6.45) is 0. The van der Waals surface area contributed by atoms with E-state index in [2.05, 4.69) is 0 Å². The highest BCUT2D eigenvalue weighted by Crippen LogP contribution is 2.29.